The van der Waals surface area contributed by atoms with Crippen LogP contribution < -0.4 is 9.47 Å². The van der Waals surface area contributed by atoms with Crippen LogP contribution in [0.4, 0.5) is 0 Å². The number of rotatable bonds is 6. The van der Waals surface area contributed by atoms with Crippen molar-refractivity contribution >= 4 is 11.9 Å². The van der Waals surface area contributed by atoms with Crippen LogP contribution in [0.2, 0.25) is 0 Å². The number of benzene rings is 1. The Morgan fingerprint density at radius 2 is 1.90 bits per heavy atom. The quantitative estimate of drug-likeness (QED) is 0.852. The Labute approximate surface area is 123 Å². The Morgan fingerprint density at radius 1 is 1.24 bits per heavy atom. The fourth-order valence-corrected chi connectivity index (χ4v) is 2.43. The summed E-state index contributed by atoms with van der Waals surface area (Å²) in [5.74, 6) is 0.488. The average Bonchev–Trinajstić information content (AvgIpc) is 2.41. The molecule has 1 aliphatic rings. The zero-order valence-corrected chi connectivity index (χ0v) is 12.2. The van der Waals surface area contributed by atoms with Crippen LogP contribution in [0.5, 0.6) is 11.5 Å². The molecule has 1 heterocycles. The van der Waals surface area contributed by atoms with Gasteiger partial charge in [-0.2, -0.15) is 0 Å². The van der Waals surface area contributed by atoms with Gasteiger partial charge in [0, 0.05) is 19.0 Å². The van der Waals surface area contributed by atoms with Crippen molar-refractivity contribution in [1.82, 2.24) is 4.90 Å². The molecule has 1 saturated heterocycles. The molecule has 1 aliphatic heterocycles. The number of carbonyl (C=O) groups is 2. The normalized spacial score (nSPS) is 14.5. The summed E-state index contributed by atoms with van der Waals surface area (Å²) in [4.78, 5) is 24.3. The minimum atomic E-state index is -0.813. The van der Waals surface area contributed by atoms with E-state index in [1.807, 2.05) is 6.07 Å². The van der Waals surface area contributed by atoms with E-state index in [0.29, 0.717) is 24.6 Å². The second-order valence-corrected chi connectivity index (χ2v) is 5.13. The fraction of sp³-hybridized carbons (Fsp3) is 0.467. The number of carbonyl (C=O) groups excluding carboxylic acids is 1. The Hall–Kier alpha value is -2.24. The van der Waals surface area contributed by atoms with Gasteiger partial charge in [-0.3, -0.25) is 9.59 Å². The summed E-state index contributed by atoms with van der Waals surface area (Å²) >= 11 is 0. The Bertz CT molecular complexity index is 537. The third-order valence-electron chi connectivity index (χ3n) is 3.58. The maximum atomic E-state index is 12.1. The molecular weight excluding hydrogens is 274 g/mol. The van der Waals surface area contributed by atoms with E-state index in [2.05, 4.69) is 0 Å². The zero-order chi connectivity index (χ0) is 15.4. The Morgan fingerprint density at radius 3 is 2.48 bits per heavy atom. The topological polar surface area (TPSA) is 76.1 Å². The third-order valence-corrected chi connectivity index (χ3v) is 3.58. The first-order valence-electron chi connectivity index (χ1n) is 6.74. The first-order valence-corrected chi connectivity index (χ1v) is 6.74. The molecule has 0 radical (unpaired) electrons. The van der Waals surface area contributed by atoms with Crippen molar-refractivity contribution in [2.24, 2.45) is 5.92 Å². The molecule has 21 heavy (non-hydrogen) atoms. The molecule has 0 aromatic heterocycles. The van der Waals surface area contributed by atoms with E-state index in [0.717, 1.165) is 5.56 Å². The van der Waals surface area contributed by atoms with Crippen LogP contribution in [0, 0.1) is 5.92 Å². The van der Waals surface area contributed by atoms with Gasteiger partial charge in [0.15, 0.2) is 11.5 Å². The second-order valence-electron chi connectivity index (χ2n) is 5.13. The lowest BCUT2D eigenvalue weighted by atomic mass is 9.95. The predicted octanol–water partition coefficient (Wildman–Crippen LogP) is 1.18. The van der Waals surface area contributed by atoms with Gasteiger partial charge in [0.1, 0.15) is 0 Å². The molecule has 0 aliphatic carbocycles. The fourth-order valence-electron chi connectivity index (χ4n) is 2.43. The number of carboxylic acid groups (broad SMARTS) is 1. The smallest absolute Gasteiger partial charge is 0.303 e. The second kappa shape index (κ2) is 6.47. The minimum absolute atomic E-state index is 0.00357. The van der Waals surface area contributed by atoms with Gasteiger partial charge in [0.25, 0.3) is 0 Å². The summed E-state index contributed by atoms with van der Waals surface area (Å²) in [5.41, 5.74) is 0.847. The molecule has 1 aromatic rings. The number of hydrogen-bond donors (Lipinski definition) is 1. The molecule has 1 fully saturated rings. The summed E-state index contributed by atoms with van der Waals surface area (Å²) < 4.78 is 10.4. The lowest BCUT2D eigenvalue weighted by molar-refractivity contribution is -0.144. The van der Waals surface area contributed by atoms with E-state index in [1.54, 1.807) is 31.3 Å². The van der Waals surface area contributed by atoms with Gasteiger partial charge in [-0.15, -0.1) is 0 Å². The van der Waals surface area contributed by atoms with Crippen LogP contribution in [-0.4, -0.2) is 49.2 Å². The number of ether oxygens (including phenoxy) is 2. The van der Waals surface area contributed by atoms with Gasteiger partial charge < -0.3 is 19.5 Å². The van der Waals surface area contributed by atoms with Gasteiger partial charge in [-0.05, 0) is 17.7 Å². The van der Waals surface area contributed by atoms with Crippen molar-refractivity contribution in [3.63, 3.8) is 0 Å². The van der Waals surface area contributed by atoms with E-state index in [-0.39, 0.29) is 24.7 Å². The van der Waals surface area contributed by atoms with Gasteiger partial charge >= 0.3 is 5.97 Å². The molecule has 0 atom stereocenters. The molecule has 114 valence electrons. The number of methoxy groups -OCH3 is 2. The summed E-state index contributed by atoms with van der Waals surface area (Å²) in [6.45, 7) is 1.05. The molecule has 1 N–H and O–H groups in total. The first kappa shape index (κ1) is 15.2. The van der Waals surface area contributed by atoms with Gasteiger partial charge in [-0.1, -0.05) is 6.07 Å². The lowest BCUT2D eigenvalue weighted by Crippen LogP contribution is -2.51. The van der Waals surface area contributed by atoms with E-state index in [1.165, 1.54) is 0 Å². The van der Waals surface area contributed by atoms with E-state index >= 15 is 0 Å². The molecule has 0 saturated carbocycles. The monoisotopic (exact) mass is 293 g/mol. The molecule has 6 nitrogen and oxygen atoms in total. The number of nitrogens with zero attached hydrogens (tertiary/aromatic N) is 1. The summed E-state index contributed by atoms with van der Waals surface area (Å²) in [6, 6.07) is 5.38. The molecule has 6 heteroatoms. The molecule has 1 amide bonds. The number of carboxylic acids is 1. The molecule has 0 unspecified atom stereocenters. The highest BCUT2D eigenvalue weighted by Crippen LogP contribution is 2.28. The molecule has 0 spiro atoms. The van der Waals surface area contributed by atoms with E-state index in [4.69, 9.17) is 14.6 Å². The number of aliphatic carboxylic acids is 1. The van der Waals surface area contributed by atoms with Crippen molar-refractivity contribution in [1.29, 1.82) is 0 Å². The van der Waals surface area contributed by atoms with Crippen molar-refractivity contribution in [2.75, 3.05) is 27.3 Å². The summed E-state index contributed by atoms with van der Waals surface area (Å²) in [5, 5.41) is 8.69. The molecule has 1 aromatic carbocycles. The molecular formula is C15H19NO5. The third kappa shape index (κ3) is 3.65. The SMILES string of the molecule is COc1ccc(CC(=O)N2CC(CC(=O)O)C2)cc1OC. The van der Waals surface area contributed by atoms with Crippen molar-refractivity contribution in [3.05, 3.63) is 23.8 Å². The van der Waals surface area contributed by atoms with Crippen LogP contribution >= 0.6 is 0 Å². The van der Waals surface area contributed by atoms with E-state index < -0.39 is 5.97 Å². The van der Waals surface area contributed by atoms with Gasteiger partial charge in [0.2, 0.25) is 5.91 Å². The highest BCUT2D eigenvalue weighted by molar-refractivity contribution is 5.80. The standard InChI is InChI=1S/C15H19NO5/c1-20-12-4-3-10(5-13(12)21-2)6-14(17)16-8-11(9-16)7-15(18)19/h3-5,11H,6-9H2,1-2H3,(H,18,19). The van der Waals surface area contributed by atoms with Crippen molar-refractivity contribution in [2.45, 2.75) is 12.8 Å². The number of amides is 1. The zero-order valence-electron chi connectivity index (χ0n) is 12.2. The average molecular weight is 293 g/mol. The largest absolute Gasteiger partial charge is 0.493 e. The van der Waals surface area contributed by atoms with Gasteiger partial charge in [0.05, 0.1) is 27.1 Å². The van der Waals surface area contributed by atoms with Crippen LogP contribution in [0.1, 0.15) is 12.0 Å². The van der Waals surface area contributed by atoms with Crippen LogP contribution in [0.25, 0.3) is 0 Å². The lowest BCUT2D eigenvalue weighted by Gasteiger charge is -2.38. The summed E-state index contributed by atoms with van der Waals surface area (Å²) in [6.07, 6.45) is 0.403. The van der Waals surface area contributed by atoms with Crippen molar-refractivity contribution < 1.29 is 24.2 Å². The van der Waals surface area contributed by atoms with E-state index in [9.17, 15) is 9.59 Å². The molecule has 2 rings (SSSR count). The van der Waals surface area contributed by atoms with Gasteiger partial charge in [-0.25, -0.2) is 0 Å². The molecule has 0 bridgehead atoms. The van der Waals surface area contributed by atoms with Crippen molar-refractivity contribution in [3.8, 4) is 11.5 Å². The Balaban J connectivity index is 1.90. The van der Waals surface area contributed by atoms with Crippen LogP contribution in [-0.2, 0) is 16.0 Å². The highest BCUT2D eigenvalue weighted by atomic mass is 16.5. The highest BCUT2D eigenvalue weighted by Gasteiger charge is 2.31. The maximum absolute atomic E-state index is 12.1. The number of hydrogen-bond acceptors (Lipinski definition) is 4. The van der Waals surface area contributed by atoms with Crippen LogP contribution in [0.3, 0.4) is 0 Å². The minimum Gasteiger partial charge on any atom is -0.493 e. The Kier molecular flexibility index (Phi) is 4.67. The maximum Gasteiger partial charge on any atom is 0.303 e. The summed E-state index contributed by atoms with van der Waals surface area (Å²) in [7, 11) is 3.11. The van der Waals surface area contributed by atoms with Crippen LogP contribution in [0.15, 0.2) is 18.2 Å². The first-order chi connectivity index (χ1) is 10.0. The number of likely N-dealkylation sites (tertiary alicyclic amines) is 1. The predicted molar refractivity (Wildman–Crippen MR) is 75.6 cm³/mol.